The third-order valence-electron chi connectivity index (χ3n) is 4.53. The Balaban J connectivity index is 1.87. The molecule has 0 unspecified atom stereocenters. The number of imidazole rings is 1. The van der Waals surface area contributed by atoms with Crippen LogP contribution in [-0.2, 0) is 6.42 Å². The average molecular weight is 257 g/mol. The van der Waals surface area contributed by atoms with Crippen LogP contribution in [0.5, 0.6) is 0 Å². The molecule has 1 heterocycles. The highest BCUT2D eigenvalue weighted by atomic mass is 15.0. The van der Waals surface area contributed by atoms with Crippen LogP contribution in [0.25, 0.3) is 11.0 Å². The van der Waals surface area contributed by atoms with Gasteiger partial charge in [0.25, 0.3) is 0 Å². The second kappa shape index (κ2) is 4.97. The molecule has 3 heteroatoms. The zero-order chi connectivity index (χ0) is 13.3. The van der Waals surface area contributed by atoms with Gasteiger partial charge in [0.15, 0.2) is 0 Å². The van der Waals surface area contributed by atoms with Gasteiger partial charge in [0.05, 0.1) is 11.0 Å². The normalized spacial score (nSPS) is 18.8. The first-order valence-electron chi connectivity index (χ1n) is 7.35. The van der Waals surface area contributed by atoms with E-state index in [0.717, 1.165) is 23.3 Å². The van der Waals surface area contributed by atoms with E-state index in [4.69, 9.17) is 4.98 Å². The summed E-state index contributed by atoms with van der Waals surface area (Å²) in [5.74, 6) is 1.12. The summed E-state index contributed by atoms with van der Waals surface area (Å²) in [7, 11) is 2.10. The molecule has 1 fully saturated rings. The molecular formula is C16H23N3. The Morgan fingerprint density at radius 1 is 1.26 bits per heavy atom. The number of aromatic amines is 1. The Bertz CT molecular complexity index is 564. The monoisotopic (exact) mass is 257 g/mol. The molecular weight excluding hydrogens is 234 g/mol. The van der Waals surface area contributed by atoms with E-state index in [1.165, 1.54) is 37.7 Å². The van der Waals surface area contributed by atoms with Crippen LogP contribution in [0.4, 0.5) is 0 Å². The van der Waals surface area contributed by atoms with Gasteiger partial charge in [-0.05, 0) is 44.5 Å². The number of hydrogen-bond donors (Lipinski definition) is 2. The van der Waals surface area contributed by atoms with Crippen molar-refractivity contribution in [3.05, 3.63) is 29.6 Å². The van der Waals surface area contributed by atoms with Crippen molar-refractivity contribution in [1.29, 1.82) is 0 Å². The Hall–Kier alpha value is -1.35. The van der Waals surface area contributed by atoms with Crippen LogP contribution in [-0.4, -0.2) is 22.6 Å². The van der Waals surface area contributed by atoms with Crippen LogP contribution >= 0.6 is 0 Å². The quantitative estimate of drug-likeness (QED) is 0.885. The van der Waals surface area contributed by atoms with Gasteiger partial charge in [0.2, 0.25) is 0 Å². The maximum atomic E-state index is 4.75. The van der Waals surface area contributed by atoms with Crippen molar-refractivity contribution in [3.8, 4) is 0 Å². The van der Waals surface area contributed by atoms with E-state index in [1.54, 1.807) is 0 Å². The van der Waals surface area contributed by atoms with Crippen molar-refractivity contribution in [2.24, 2.45) is 0 Å². The number of aryl methyl sites for hydroxylation is 1. The Morgan fingerprint density at radius 3 is 2.79 bits per heavy atom. The number of H-pyrrole nitrogens is 1. The fourth-order valence-corrected chi connectivity index (χ4v) is 3.32. The molecule has 0 atom stereocenters. The van der Waals surface area contributed by atoms with Gasteiger partial charge in [-0.25, -0.2) is 4.98 Å². The summed E-state index contributed by atoms with van der Waals surface area (Å²) < 4.78 is 0. The lowest BCUT2D eigenvalue weighted by molar-refractivity contribution is 0.241. The predicted octanol–water partition coefficient (Wildman–Crippen LogP) is 3.34. The largest absolute Gasteiger partial charge is 0.342 e. The number of nitrogens with one attached hydrogen (secondary N) is 2. The minimum atomic E-state index is 0.251. The Kier molecular flexibility index (Phi) is 3.31. The van der Waals surface area contributed by atoms with E-state index in [0.29, 0.717) is 0 Å². The predicted molar refractivity (Wildman–Crippen MR) is 79.4 cm³/mol. The van der Waals surface area contributed by atoms with E-state index >= 15 is 0 Å². The fraction of sp³-hybridized carbons (Fsp3) is 0.562. The SMILES string of the molecule is CNC1(Cc2nc3ccc(C)cc3[nH]2)CCCCC1. The molecule has 102 valence electrons. The molecule has 3 nitrogen and oxygen atoms in total. The molecule has 1 saturated carbocycles. The van der Waals surface area contributed by atoms with Crippen molar-refractivity contribution in [3.63, 3.8) is 0 Å². The molecule has 0 bridgehead atoms. The van der Waals surface area contributed by atoms with Gasteiger partial charge < -0.3 is 10.3 Å². The molecule has 1 aromatic carbocycles. The lowest BCUT2D eigenvalue weighted by Crippen LogP contribution is -2.46. The molecule has 1 aromatic heterocycles. The van der Waals surface area contributed by atoms with Crippen molar-refractivity contribution in [1.82, 2.24) is 15.3 Å². The molecule has 3 rings (SSSR count). The summed E-state index contributed by atoms with van der Waals surface area (Å²) in [5, 5.41) is 3.56. The minimum Gasteiger partial charge on any atom is -0.342 e. The first-order valence-corrected chi connectivity index (χ1v) is 7.35. The smallest absolute Gasteiger partial charge is 0.109 e. The summed E-state index contributed by atoms with van der Waals surface area (Å²) >= 11 is 0. The number of fused-ring (bicyclic) bond motifs is 1. The molecule has 1 aliphatic carbocycles. The zero-order valence-electron chi connectivity index (χ0n) is 11.9. The zero-order valence-corrected chi connectivity index (χ0v) is 11.9. The Labute approximate surface area is 114 Å². The van der Waals surface area contributed by atoms with Crippen LogP contribution in [0.3, 0.4) is 0 Å². The molecule has 1 aliphatic rings. The number of aromatic nitrogens is 2. The van der Waals surface area contributed by atoms with E-state index < -0.39 is 0 Å². The van der Waals surface area contributed by atoms with Crippen molar-refractivity contribution in [2.75, 3.05) is 7.05 Å². The van der Waals surface area contributed by atoms with E-state index in [-0.39, 0.29) is 5.54 Å². The molecule has 2 N–H and O–H groups in total. The topological polar surface area (TPSA) is 40.7 Å². The molecule has 0 spiro atoms. The average Bonchev–Trinajstić information content (AvgIpc) is 2.81. The molecule has 0 saturated heterocycles. The van der Waals surface area contributed by atoms with E-state index in [1.807, 2.05) is 0 Å². The maximum absolute atomic E-state index is 4.75. The first-order chi connectivity index (χ1) is 9.21. The lowest BCUT2D eigenvalue weighted by Gasteiger charge is -2.36. The number of nitrogens with zero attached hydrogens (tertiary/aromatic N) is 1. The summed E-state index contributed by atoms with van der Waals surface area (Å²) in [6.07, 6.45) is 7.58. The number of hydrogen-bond acceptors (Lipinski definition) is 2. The third kappa shape index (κ3) is 2.52. The van der Waals surface area contributed by atoms with Crippen LogP contribution in [0, 0.1) is 6.92 Å². The van der Waals surface area contributed by atoms with Crippen LogP contribution in [0.1, 0.15) is 43.5 Å². The molecule has 2 aromatic rings. The van der Waals surface area contributed by atoms with Crippen LogP contribution in [0.2, 0.25) is 0 Å². The second-order valence-corrected chi connectivity index (χ2v) is 5.97. The highest BCUT2D eigenvalue weighted by Crippen LogP contribution is 2.30. The lowest BCUT2D eigenvalue weighted by atomic mass is 9.79. The summed E-state index contributed by atoms with van der Waals surface area (Å²) in [5.41, 5.74) is 3.78. The van der Waals surface area contributed by atoms with Gasteiger partial charge in [-0.2, -0.15) is 0 Å². The van der Waals surface area contributed by atoms with Crippen molar-refractivity contribution < 1.29 is 0 Å². The first kappa shape index (κ1) is 12.7. The Morgan fingerprint density at radius 2 is 2.05 bits per heavy atom. The number of rotatable bonds is 3. The standard InChI is InChI=1S/C16H23N3/c1-12-6-7-13-14(10-12)19-15(18-13)11-16(17-2)8-4-3-5-9-16/h6-7,10,17H,3-5,8-9,11H2,1-2H3,(H,18,19). The molecule has 0 aliphatic heterocycles. The maximum Gasteiger partial charge on any atom is 0.109 e. The third-order valence-corrected chi connectivity index (χ3v) is 4.53. The fourth-order valence-electron chi connectivity index (χ4n) is 3.32. The van der Waals surface area contributed by atoms with Crippen LogP contribution < -0.4 is 5.32 Å². The van der Waals surface area contributed by atoms with Crippen molar-refractivity contribution >= 4 is 11.0 Å². The van der Waals surface area contributed by atoms with Gasteiger partial charge in [-0.15, -0.1) is 0 Å². The molecule has 19 heavy (non-hydrogen) atoms. The summed E-state index contributed by atoms with van der Waals surface area (Å²) in [4.78, 5) is 8.24. The van der Waals surface area contributed by atoms with Gasteiger partial charge in [0.1, 0.15) is 5.82 Å². The van der Waals surface area contributed by atoms with Gasteiger partial charge in [-0.3, -0.25) is 0 Å². The minimum absolute atomic E-state index is 0.251. The van der Waals surface area contributed by atoms with E-state index in [9.17, 15) is 0 Å². The number of likely N-dealkylation sites (N-methyl/N-ethyl adjacent to an activating group) is 1. The van der Waals surface area contributed by atoms with Gasteiger partial charge >= 0.3 is 0 Å². The highest BCUT2D eigenvalue weighted by Gasteiger charge is 2.31. The highest BCUT2D eigenvalue weighted by molar-refractivity contribution is 5.75. The molecule has 0 radical (unpaired) electrons. The number of benzene rings is 1. The summed E-state index contributed by atoms with van der Waals surface area (Å²) in [6, 6.07) is 6.41. The van der Waals surface area contributed by atoms with Gasteiger partial charge in [0, 0.05) is 12.0 Å². The van der Waals surface area contributed by atoms with Gasteiger partial charge in [-0.1, -0.05) is 25.3 Å². The van der Waals surface area contributed by atoms with E-state index in [2.05, 4.69) is 42.5 Å². The molecule has 0 amide bonds. The van der Waals surface area contributed by atoms with Crippen molar-refractivity contribution in [2.45, 2.75) is 51.0 Å². The van der Waals surface area contributed by atoms with Crippen LogP contribution in [0.15, 0.2) is 18.2 Å². The second-order valence-electron chi connectivity index (χ2n) is 5.97. The summed E-state index contributed by atoms with van der Waals surface area (Å²) in [6.45, 7) is 2.12.